The van der Waals surface area contributed by atoms with Gasteiger partial charge in [0.1, 0.15) is 17.0 Å². The third-order valence-corrected chi connectivity index (χ3v) is 6.95. The molecule has 4 aromatic rings. The molecule has 0 radical (unpaired) electrons. The van der Waals surface area contributed by atoms with Gasteiger partial charge >= 0.3 is 0 Å². The zero-order chi connectivity index (χ0) is 22.0. The van der Waals surface area contributed by atoms with Gasteiger partial charge in [0.05, 0.1) is 0 Å². The van der Waals surface area contributed by atoms with Gasteiger partial charge in [0, 0.05) is 43.2 Å². The molecule has 2 aliphatic rings. The van der Waals surface area contributed by atoms with Crippen molar-refractivity contribution in [3.63, 3.8) is 0 Å². The van der Waals surface area contributed by atoms with Crippen molar-refractivity contribution < 1.29 is 9.15 Å². The van der Waals surface area contributed by atoms with Crippen LogP contribution in [0.4, 0.5) is 6.01 Å². The molecule has 1 aromatic heterocycles. The Balaban J connectivity index is 1.02. The van der Waals surface area contributed by atoms with E-state index >= 15 is 0 Å². The van der Waals surface area contributed by atoms with Crippen LogP contribution in [-0.4, -0.2) is 42.6 Å². The van der Waals surface area contributed by atoms with Crippen LogP contribution in [0.5, 0.6) is 11.5 Å². The number of ether oxygens (including phenoxy) is 1. The first-order chi connectivity index (χ1) is 16.3. The Morgan fingerprint density at radius 1 is 0.758 bits per heavy atom. The zero-order valence-corrected chi connectivity index (χ0v) is 18.8. The molecule has 0 spiro atoms. The van der Waals surface area contributed by atoms with E-state index in [-0.39, 0.29) is 0 Å². The Bertz CT molecular complexity index is 1160. The molecule has 0 saturated carbocycles. The van der Waals surface area contributed by atoms with Crippen molar-refractivity contribution in [2.75, 3.05) is 37.6 Å². The van der Waals surface area contributed by atoms with Crippen molar-refractivity contribution in [1.29, 1.82) is 0 Å². The SMILES string of the molecule is c1ccc2c(c1)Oc1ccccc1C2CCCCN1CCN(c2nc3ccccc3o2)CC1. The van der Waals surface area contributed by atoms with Gasteiger partial charge < -0.3 is 14.1 Å². The van der Waals surface area contributed by atoms with Crippen molar-refractivity contribution in [2.45, 2.75) is 25.2 Å². The molecule has 1 fully saturated rings. The lowest BCUT2D eigenvalue weighted by atomic mass is 9.84. The monoisotopic (exact) mass is 439 g/mol. The highest BCUT2D eigenvalue weighted by Gasteiger charge is 2.26. The molecular formula is C28H29N3O2. The maximum atomic E-state index is 6.15. The fraction of sp³-hybridized carbons (Fsp3) is 0.321. The van der Waals surface area contributed by atoms with Gasteiger partial charge in [-0.3, -0.25) is 4.90 Å². The minimum Gasteiger partial charge on any atom is -0.457 e. The summed E-state index contributed by atoms with van der Waals surface area (Å²) >= 11 is 0. The molecule has 3 heterocycles. The number of fused-ring (bicyclic) bond motifs is 3. The largest absolute Gasteiger partial charge is 0.457 e. The van der Waals surface area contributed by atoms with Gasteiger partial charge in [-0.15, -0.1) is 0 Å². The maximum Gasteiger partial charge on any atom is 0.298 e. The van der Waals surface area contributed by atoms with E-state index < -0.39 is 0 Å². The van der Waals surface area contributed by atoms with Gasteiger partial charge in [-0.05, 0) is 43.7 Å². The first-order valence-corrected chi connectivity index (χ1v) is 12.0. The summed E-state index contributed by atoms with van der Waals surface area (Å²) in [6, 6.07) is 25.7. The Morgan fingerprint density at radius 2 is 1.42 bits per heavy atom. The molecule has 6 rings (SSSR count). The number of aromatic nitrogens is 1. The molecule has 5 nitrogen and oxygen atoms in total. The van der Waals surface area contributed by atoms with E-state index in [1.807, 2.05) is 24.3 Å². The van der Waals surface area contributed by atoms with Gasteiger partial charge in [-0.25, -0.2) is 0 Å². The van der Waals surface area contributed by atoms with E-state index in [9.17, 15) is 0 Å². The number of nitrogens with zero attached hydrogens (tertiary/aromatic N) is 3. The van der Waals surface area contributed by atoms with Crippen LogP contribution in [0.25, 0.3) is 11.1 Å². The van der Waals surface area contributed by atoms with Crippen molar-refractivity contribution in [3.05, 3.63) is 83.9 Å². The predicted molar refractivity (Wildman–Crippen MR) is 131 cm³/mol. The van der Waals surface area contributed by atoms with Crippen LogP contribution in [0.1, 0.15) is 36.3 Å². The van der Waals surface area contributed by atoms with Gasteiger partial charge in [-0.1, -0.05) is 55.0 Å². The summed E-state index contributed by atoms with van der Waals surface area (Å²) in [4.78, 5) is 9.50. The molecule has 2 aliphatic heterocycles. The molecular weight excluding hydrogens is 410 g/mol. The van der Waals surface area contributed by atoms with Crippen molar-refractivity contribution in [2.24, 2.45) is 0 Å². The van der Waals surface area contributed by atoms with E-state index in [4.69, 9.17) is 9.15 Å². The molecule has 0 atom stereocenters. The molecule has 3 aromatic carbocycles. The van der Waals surface area contributed by atoms with E-state index in [0.29, 0.717) is 5.92 Å². The summed E-state index contributed by atoms with van der Waals surface area (Å²) in [5.74, 6) is 2.44. The van der Waals surface area contributed by atoms with Crippen LogP contribution in [-0.2, 0) is 0 Å². The summed E-state index contributed by atoms with van der Waals surface area (Å²) in [6.45, 7) is 5.19. The number of oxazole rings is 1. The summed E-state index contributed by atoms with van der Waals surface area (Å²) < 4.78 is 12.1. The fourth-order valence-corrected chi connectivity index (χ4v) is 5.16. The van der Waals surface area contributed by atoms with Crippen LogP contribution in [0.15, 0.2) is 77.2 Å². The Labute approximate surface area is 194 Å². The van der Waals surface area contributed by atoms with Crippen LogP contribution in [0.2, 0.25) is 0 Å². The van der Waals surface area contributed by atoms with Crippen molar-refractivity contribution in [1.82, 2.24) is 9.88 Å². The molecule has 1 saturated heterocycles. The highest BCUT2D eigenvalue weighted by Crippen LogP contribution is 2.45. The minimum atomic E-state index is 0.419. The number of piperazine rings is 1. The molecule has 33 heavy (non-hydrogen) atoms. The lowest BCUT2D eigenvalue weighted by Crippen LogP contribution is -2.46. The van der Waals surface area contributed by atoms with Crippen LogP contribution in [0.3, 0.4) is 0 Å². The number of hydrogen-bond donors (Lipinski definition) is 0. The smallest absolute Gasteiger partial charge is 0.298 e. The second-order valence-electron chi connectivity index (χ2n) is 9.02. The summed E-state index contributed by atoms with van der Waals surface area (Å²) in [6.07, 6.45) is 3.57. The Morgan fingerprint density at radius 3 is 2.15 bits per heavy atom. The minimum absolute atomic E-state index is 0.419. The van der Waals surface area contributed by atoms with Crippen molar-refractivity contribution in [3.8, 4) is 11.5 Å². The van der Waals surface area contributed by atoms with Gasteiger partial charge in [0.25, 0.3) is 6.01 Å². The molecule has 0 N–H and O–H groups in total. The number of hydrogen-bond acceptors (Lipinski definition) is 5. The summed E-state index contributed by atoms with van der Waals surface area (Å²) in [5, 5.41) is 0. The number of rotatable bonds is 6. The Kier molecular flexibility index (Phi) is 5.48. The number of unbranched alkanes of at least 4 members (excludes halogenated alkanes) is 1. The molecule has 0 amide bonds. The molecule has 0 aliphatic carbocycles. The maximum absolute atomic E-state index is 6.15. The van der Waals surface area contributed by atoms with E-state index in [1.165, 1.54) is 24.0 Å². The highest BCUT2D eigenvalue weighted by molar-refractivity contribution is 5.74. The molecule has 0 unspecified atom stereocenters. The standard InChI is InChI=1S/C28H29N3O2/c1-4-13-25-22(10-1)21(23-11-2-5-14-26(23)32-25)9-7-8-16-30-17-19-31(20-18-30)28-29-24-12-3-6-15-27(24)33-28/h1-6,10-15,21H,7-9,16-20H2. The van der Waals surface area contributed by atoms with E-state index in [0.717, 1.165) is 67.8 Å². The molecule has 5 heteroatoms. The average Bonchev–Trinajstić information content (AvgIpc) is 3.31. The average molecular weight is 440 g/mol. The van der Waals surface area contributed by atoms with Crippen LogP contribution < -0.4 is 9.64 Å². The second-order valence-corrected chi connectivity index (χ2v) is 9.02. The lowest BCUT2D eigenvalue weighted by molar-refractivity contribution is 0.247. The molecule has 0 bridgehead atoms. The van der Waals surface area contributed by atoms with E-state index in [1.54, 1.807) is 0 Å². The molecule has 168 valence electrons. The second kappa shape index (κ2) is 8.91. The van der Waals surface area contributed by atoms with E-state index in [2.05, 4.69) is 63.3 Å². The third kappa shape index (κ3) is 4.09. The van der Waals surface area contributed by atoms with Crippen LogP contribution >= 0.6 is 0 Å². The number of benzene rings is 3. The lowest BCUT2D eigenvalue weighted by Gasteiger charge is -2.34. The normalized spacial score (nSPS) is 16.4. The zero-order valence-electron chi connectivity index (χ0n) is 18.8. The summed E-state index contributed by atoms with van der Waals surface area (Å²) in [5.41, 5.74) is 4.45. The number of anilines is 1. The quantitative estimate of drug-likeness (QED) is 0.342. The van der Waals surface area contributed by atoms with Gasteiger partial charge in [0.2, 0.25) is 0 Å². The van der Waals surface area contributed by atoms with Crippen LogP contribution in [0, 0.1) is 0 Å². The van der Waals surface area contributed by atoms with Crippen molar-refractivity contribution >= 4 is 17.1 Å². The van der Waals surface area contributed by atoms with Gasteiger partial charge in [0.15, 0.2) is 5.58 Å². The topological polar surface area (TPSA) is 41.7 Å². The summed E-state index contributed by atoms with van der Waals surface area (Å²) in [7, 11) is 0. The first-order valence-electron chi connectivity index (χ1n) is 12.0. The fourth-order valence-electron chi connectivity index (χ4n) is 5.16. The number of para-hydroxylation sites is 4. The first kappa shape index (κ1) is 20.3. The highest BCUT2D eigenvalue weighted by atomic mass is 16.5. The third-order valence-electron chi connectivity index (χ3n) is 6.95. The van der Waals surface area contributed by atoms with Gasteiger partial charge in [-0.2, -0.15) is 4.98 Å². The Hall–Kier alpha value is -3.31. The predicted octanol–water partition coefficient (Wildman–Crippen LogP) is 6.06.